The molecule has 2 aliphatic rings. The molecule has 1 saturated carbocycles. The third kappa shape index (κ3) is 3.34. The van der Waals surface area contributed by atoms with E-state index >= 15 is 0 Å². The quantitative estimate of drug-likeness (QED) is 0.791. The largest absolute Gasteiger partial charge is 0.339 e. The van der Waals surface area contributed by atoms with Gasteiger partial charge in [-0.05, 0) is 19.8 Å². The summed E-state index contributed by atoms with van der Waals surface area (Å²) in [7, 11) is 0. The summed E-state index contributed by atoms with van der Waals surface area (Å²) in [4.78, 5) is 13.7. The zero-order valence-corrected chi connectivity index (χ0v) is 14.3. The predicted molar refractivity (Wildman–Crippen MR) is 85.2 cm³/mol. The highest BCUT2D eigenvalue weighted by Crippen LogP contribution is 2.38. The lowest BCUT2D eigenvalue weighted by Crippen LogP contribution is -2.46. The highest BCUT2D eigenvalue weighted by atomic mass is 16.5. The van der Waals surface area contributed by atoms with Crippen LogP contribution in [0.5, 0.6) is 0 Å². The minimum absolute atomic E-state index is 0.170. The van der Waals surface area contributed by atoms with Gasteiger partial charge in [0.15, 0.2) is 11.6 Å². The van der Waals surface area contributed by atoms with E-state index < -0.39 is 0 Å². The van der Waals surface area contributed by atoms with Crippen LogP contribution in [0, 0.1) is 0 Å². The first-order chi connectivity index (χ1) is 11.7. The zero-order valence-electron chi connectivity index (χ0n) is 14.3. The van der Waals surface area contributed by atoms with Crippen LogP contribution in [-0.4, -0.2) is 56.3 Å². The second kappa shape index (κ2) is 6.60. The molecule has 130 valence electrons. The van der Waals surface area contributed by atoms with Gasteiger partial charge in [0.2, 0.25) is 11.8 Å². The van der Waals surface area contributed by atoms with Crippen molar-refractivity contribution in [3.63, 3.8) is 0 Å². The molecule has 8 nitrogen and oxygen atoms in total. The van der Waals surface area contributed by atoms with E-state index in [9.17, 15) is 0 Å². The van der Waals surface area contributed by atoms with Crippen molar-refractivity contribution in [2.45, 2.75) is 51.6 Å². The van der Waals surface area contributed by atoms with Crippen LogP contribution in [0.4, 0.5) is 0 Å². The molecular weight excluding hydrogens is 308 g/mol. The maximum atomic E-state index is 5.47. The summed E-state index contributed by atoms with van der Waals surface area (Å²) in [6.07, 6.45) is 3.18. The molecule has 2 aromatic rings. The summed E-state index contributed by atoms with van der Waals surface area (Å²) >= 11 is 0. The molecule has 8 heteroatoms. The molecule has 0 unspecified atom stereocenters. The molecule has 4 rings (SSSR count). The Balaban J connectivity index is 1.29. The highest BCUT2D eigenvalue weighted by Gasteiger charge is 2.31. The Labute approximate surface area is 141 Å². The van der Waals surface area contributed by atoms with Crippen molar-refractivity contribution in [2.24, 2.45) is 0 Å². The van der Waals surface area contributed by atoms with E-state index in [0.29, 0.717) is 11.8 Å². The van der Waals surface area contributed by atoms with Gasteiger partial charge in [0.25, 0.3) is 0 Å². The number of hydrogen-bond donors (Lipinski definition) is 0. The van der Waals surface area contributed by atoms with Crippen molar-refractivity contribution in [3.05, 3.63) is 23.4 Å². The van der Waals surface area contributed by atoms with E-state index in [1.165, 1.54) is 12.8 Å². The number of aromatic nitrogens is 4. The van der Waals surface area contributed by atoms with Crippen LogP contribution in [0.3, 0.4) is 0 Å². The monoisotopic (exact) mass is 332 g/mol. The van der Waals surface area contributed by atoms with Crippen molar-refractivity contribution >= 4 is 0 Å². The second-order valence-corrected chi connectivity index (χ2v) is 6.71. The fraction of sp³-hybridized carbons (Fsp3) is 0.750. The van der Waals surface area contributed by atoms with Crippen molar-refractivity contribution in [1.29, 1.82) is 0 Å². The number of nitrogens with zero attached hydrogens (tertiary/aromatic N) is 6. The van der Waals surface area contributed by atoms with Gasteiger partial charge in [-0.2, -0.15) is 9.97 Å². The molecule has 0 bridgehead atoms. The van der Waals surface area contributed by atoms with Crippen molar-refractivity contribution in [3.8, 4) is 0 Å². The summed E-state index contributed by atoms with van der Waals surface area (Å²) in [5.74, 6) is 3.66. The fourth-order valence-corrected chi connectivity index (χ4v) is 3.09. The molecule has 0 N–H and O–H groups in total. The van der Waals surface area contributed by atoms with E-state index in [2.05, 4.69) is 37.0 Å². The molecule has 1 saturated heterocycles. The van der Waals surface area contributed by atoms with Gasteiger partial charge in [-0.25, -0.2) is 0 Å². The third-order valence-electron chi connectivity index (χ3n) is 4.89. The summed E-state index contributed by atoms with van der Waals surface area (Å²) in [5.41, 5.74) is 0. The van der Waals surface area contributed by atoms with E-state index in [-0.39, 0.29) is 6.04 Å². The molecular formula is C16H24N6O2. The topological polar surface area (TPSA) is 84.3 Å². The average molecular weight is 332 g/mol. The van der Waals surface area contributed by atoms with Crippen molar-refractivity contribution in [1.82, 2.24) is 30.1 Å². The zero-order chi connectivity index (χ0) is 16.5. The van der Waals surface area contributed by atoms with Crippen LogP contribution in [-0.2, 0) is 13.0 Å². The summed E-state index contributed by atoms with van der Waals surface area (Å²) in [6, 6.07) is 0.170. The number of rotatable bonds is 6. The Hall–Kier alpha value is -1.80. The smallest absolute Gasteiger partial charge is 0.243 e. The van der Waals surface area contributed by atoms with Crippen LogP contribution < -0.4 is 0 Å². The molecule has 24 heavy (non-hydrogen) atoms. The first-order valence-corrected chi connectivity index (χ1v) is 8.84. The molecule has 1 aliphatic heterocycles. The van der Waals surface area contributed by atoms with Crippen LogP contribution in [0.2, 0.25) is 0 Å². The van der Waals surface area contributed by atoms with Gasteiger partial charge in [0.05, 0.1) is 12.6 Å². The average Bonchev–Trinajstić information content (AvgIpc) is 3.17. The minimum atomic E-state index is 0.170. The lowest BCUT2D eigenvalue weighted by molar-refractivity contribution is 0.0827. The predicted octanol–water partition coefficient (Wildman–Crippen LogP) is 1.77. The molecule has 0 radical (unpaired) electrons. The number of aryl methyl sites for hydroxylation is 1. The van der Waals surface area contributed by atoms with Crippen molar-refractivity contribution in [2.75, 3.05) is 26.2 Å². The summed E-state index contributed by atoms with van der Waals surface area (Å²) in [5, 5.41) is 8.16. The SMILES string of the molecule is CCc1nc(CN2CCN([C@@H](C)c3nc(C4CC4)no3)CC2)no1. The standard InChI is InChI=1S/C16H24N6O2/c1-3-14-17-13(19-23-14)10-21-6-8-22(9-7-21)11(2)16-18-15(20-24-16)12-4-5-12/h11-12H,3-10H2,1-2H3/t11-/m0/s1. The Bertz CT molecular complexity index is 672. The van der Waals surface area contributed by atoms with Crippen LogP contribution in [0.1, 0.15) is 62.1 Å². The summed E-state index contributed by atoms with van der Waals surface area (Å²) in [6.45, 7) is 8.81. The molecule has 1 atom stereocenters. The van der Waals surface area contributed by atoms with E-state index in [4.69, 9.17) is 9.05 Å². The lowest BCUT2D eigenvalue weighted by atomic mass is 10.2. The van der Waals surface area contributed by atoms with Crippen LogP contribution >= 0.6 is 0 Å². The van der Waals surface area contributed by atoms with Gasteiger partial charge < -0.3 is 9.05 Å². The summed E-state index contributed by atoms with van der Waals surface area (Å²) < 4.78 is 10.6. The molecule has 3 heterocycles. The van der Waals surface area contributed by atoms with E-state index in [1.807, 2.05) is 6.92 Å². The maximum absolute atomic E-state index is 5.47. The van der Waals surface area contributed by atoms with E-state index in [0.717, 1.165) is 56.7 Å². The Morgan fingerprint density at radius 2 is 1.88 bits per heavy atom. The first kappa shape index (κ1) is 15.7. The molecule has 0 spiro atoms. The number of piperazine rings is 1. The van der Waals surface area contributed by atoms with E-state index in [1.54, 1.807) is 0 Å². The van der Waals surface area contributed by atoms with Crippen molar-refractivity contribution < 1.29 is 9.05 Å². The maximum Gasteiger partial charge on any atom is 0.243 e. The molecule has 0 aromatic carbocycles. The first-order valence-electron chi connectivity index (χ1n) is 8.84. The second-order valence-electron chi connectivity index (χ2n) is 6.71. The van der Waals surface area contributed by atoms with Gasteiger partial charge in [-0.15, -0.1) is 0 Å². The Morgan fingerprint density at radius 3 is 2.54 bits per heavy atom. The molecule has 2 fully saturated rings. The van der Waals surface area contributed by atoms with Crippen LogP contribution in [0.15, 0.2) is 9.05 Å². The van der Waals surface area contributed by atoms with Crippen LogP contribution in [0.25, 0.3) is 0 Å². The van der Waals surface area contributed by atoms with Gasteiger partial charge in [-0.1, -0.05) is 17.2 Å². The molecule has 1 aliphatic carbocycles. The van der Waals surface area contributed by atoms with Gasteiger partial charge in [0.1, 0.15) is 0 Å². The Morgan fingerprint density at radius 1 is 1.08 bits per heavy atom. The van der Waals surface area contributed by atoms with Gasteiger partial charge in [-0.3, -0.25) is 9.80 Å². The normalized spacial score (nSPS) is 21.2. The van der Waals surface area contributed by atoms with Gasteiger partial charge >= 0.3 is 0 Å². The lowest BCUT2D eigenvalue weighted by Gasteiger charge is -2.36. The highest BCUT2D eigenvalue weighted by molar-refractivity contribution is 5.05. The van der Waals surface area contributed by atoms with Gasteiger partial charge in [0, 0.05) is 38.5 Å². The number of hydrogen-bond acceptors (Lipinski definition) is 8. The molecule has 2 aromatic heterocycles. The molecule has 0 amide bonds. The fourth-order valence-electron chi connectivity index (χ4n) is 3.09. The Kier molecular flexibility index (Phi) is 4.32. The third-order valence-corrected chi connectivity index (χ3v) is 4.89. The minimum Gasteiger partial charge on any atom is -0.339 e.